The van der Waals surface area contributed by atoms with E-state index in [4.69, 9.17) is 9.83 Å². The number of anilines is 1. The number of pyridine rings is 1. The minimum atomic E-state index is -3.85. The highest BCUT2D eigenvalue weighted by Gasteiger charge is 2.16. The van der Waals surface area contributed by atoms with Gasteiger partial charge in [-0.1, -0.05) is 6.07 Å². The van der Waals surface area contributed by atoms with Crippen molar-refractivity contribution in [1.29, 1.82) is 5.41 Å². The molecule has 37 heavy (non-hydrogen) atoms. The molecule has 1 atom stereocenters. The Kier molecular flexibility index (Phi) is 6.52. The molecule has 0 bridgehead atoms. The van der Waals surface area contributed by atoms with Crippen molar-refractivity contribution in [2.24, 2.45) is 4.99 Å². The van der Waals surface area contributed by atoms with E-state index in [1.165, 1.54) is 30.9 Å². The van der Waals surface area contributed by atoms with Gasteiger partial charge in [0.05, 0.1) is 51.8 Å². The number of rotatable bonds is 8. The zero-order chi connectivity index (χ0) is 25.8. The van der Waals surface area contributed by atoms with Crippen molar-refractivity contribution >= 4 is 39.2 Å². The molecule has 0 saturated carbocycles. The Hall–Kier alpha value is -4.77. The fourth-order valence-electron chi connectivity index (χ4n) is 3.76. The van der Waals surface area contributed by atoms with Gasteiger partial charge in [0.1, 0.15) is 0 Å². The lowest BCUT2D eigenvalue weighted by Crippen LogP contribution is -2.13. The normalized spacial score (nSPS) is 12.6. The lowest BCUT2D eigenvalue weighted by molar-refractivity contribution is 0.572. The van der Waals surface area contributed by atoms with Gasteiger partial charge in [0.2, 0.25) is 0 Å². The molecule has 0 spiro atoms. The third kappa shape index (κ3) is 5.11. The van der Waals surface area contributed by atoms with E-state index in [1.807, 2.05) is 18.2 Å². The van der Waals surface area contributed by atoms with Crippen LogP contribution in [0.15, 0.2) is 94.0 Å². The zero-order valence-electron chi connectivity index (χ0n) is 19.6. The monoisotopic (exact) mass is 511 g/mol. The van der Waals surface area contributed by atoms with Crippen LogP contribution in [0.3, 0.4) is 0 Å². The first-order chi connectivity index (χ1) is 18.0. The molecular formula is C26H21N7O3S. The predicted molar refractivity (Wildman–Crippen MR) is 141 cm³/mol. The number of aliphatic imine (C=N–C) groups is 1. The molecule has 5 rings (SSSR count). The predicted octanol–water partition coefficient (Wildman–Crippen LogP) is 4.58. The van der Waals surface area contributed by atoms with Crippen LogP contribution in [-0.4, -0.2) is 47.8 Å². The quantitative estimate of drug-likeness (QED) is 0.290. The SMILES string of the molecule is CN=CC(C=N)c1cnc2ccc(-c3cncc(NS(=O)(=O)c4ccc(-c5cnco5)cc4)c3)cc2n1. The van der Waals surface area contributed by atoms with E-state index in [-0.39, 0.29) is 10.8 Å². The summed E-state index contributed by atoms with van der Waals surface area (Å²) in [4.78, 5) is 21.3. The van der Waals surface area contributed by atoms with Gasteiger partial charge in [-0.2, -0.15) is 0 Å². The van der Waals surface area contributed by atoms with Gasteiger partial charge in [0, 0.05) is 36.8 Å². The Morgan fingerprint density at radius 2 is 1.76 bits per heavy atom. The molecule has 0 radical (unpaired) electrons. The van der Waals surface area contributed by atoms with Gasteiger partial charge in [-0.25, -0.2) is 18.4 Å². The van der Waals surface area contributed by atoms with E-state index in [1.54, 1.807) is 50.1 Å². The molecule has 2 aromatic carbocycles. The van der Waals surface area contributed by atoms with Crippen molar-refractivity contribution in [3.8, 4) is 22.5 Å². The Balaban J connectivity index is 1.41. The van der Waals surface area contributed by atoms with Crippen LogP contribution >= 0.6 is 0 Å². The number of hydrogen-bond donors (Lipinski definition) is 2. The summed E-state index contributed by atoms with van der Waals surface area (Å²) in [5, 5.41) is 7.63. The molecule has 5 aromatic rings. The molecule has 184 valence electrons. The van der Waals surface area contributed by atoms with Crippen LogP contribution in [0.1, 0.15) is 11.6 Å². The number of fused-ring (bicyclic) bond motifs is 1. The van der Waals surface area contributed by atoms with Crippen molar-refractivity contribution in [3.63, 3.8) is 0 Å². The average Bonchev–Trinajstić information content (AvgIpc) is 3.46. The number of aromatic nitrogens is 4. The molecule has 10 nitrogen and oxygen atoms in total. The van der Waals surface area contributed by atoms with Gasteiger partial charge in [0.25, 0.3) is 10.0 Å². The second-order valence-corrected chi connectivity index (χ2v) is 9.74. The smallest absolute Gasteiger partial charge is 0.261 e. The van der Waals surface area contributed by atoms with Crippen LogP contribution in [0.2, 0.25) is 0 Å². The topological polar surface area (TPSA) is 147 Å². The Bertz CT molecular complexity index is 1700. The van der Waals surface area contributed by atoms with E-state index in [9.17, 15) is 8.42 Å². The largest absolute Gasteiger partial charge is 0.444 e. The van der Waals surface area contributed by atoms with Crippen LogP contribution in [-0.2, 0) is 10.0 Å². The molecule has 0 aliphatic heterocycles. The highest BCUT2D eigenvalue weighted by Crippen LogP contribution is 2.27. The summed E-state index contributed by atoms with van der Waals surface area (Å²) >= 11 is 0. The molecule has 11 heteroatoms. The summed E-state index contributed by atoms with van der Waals surface area (Å²) in [5.41, 5.74) is 4.48. The van der Waals surface area contributed by atoms with Crippen LogP contribution in [0.5, 0.6) is 0 Å². The van der Waals surface area contributed by atoms with E-state index in [2.05, 4.69) is 29.7 Å². The number of nitrogens with zero attached hydrogens (tertiary/aromatic N) is 5. The van der Waals surface area contributed by atoms with Gasteiger partial charge in [0.15, 0.2) is 12.2 Å². The molecule has 0 aliphatic rings. The second-order valence-electron chi connectivity index (χ2n) is 8.06. The number of sulfonamides is 1. The van der Waals surface area contributed by atoms with E-state index in [0.29, 0.717) is 33.7 Å². The number of oxazole rings is 1. The second kappa shape index (κ2) is 10.1. The molecule has 2 N–H and O–H groups in total. The maximum atomic E-state index is 13.0. The van der Waals surface area contributed by atoms with Crippen LogP contribution < -0.4 is 4.72 Å². The van der Waals surface area contributed by atoms with Crippen LogP contribution in [0.25, 0.3) is 33.5 Å². The first-order valence-corrected chi connectivity index (χ1v) is 12.6. The number of hydrogen-bond acceptors (Lipinski definition) is 9. The van der Waals surface area contributed by atoms with Gasteiger partial charge in [-0.3, -0.25) is 19.7 Å². The standard InChI is InChI=1S/C26H21N7O3S/c1-28-11-20(10-27)25-14-31-23-7-4-18(9-24(23)32-25)19-8-21(13-29-12-19)33-37(34,35)22-5-2-17(3-6-22)26-15-30-16-36-26/h2-16,20,27,33H,1H3. The lowest BCUT2D eigenvalue weighted by atomic mass is 10.1. The van der Waals surface area contributed by atoms with Crippen molar-refractivity contribution < 1.29 is 12.8 Å². The fourth-order valence-corrected chi connectivity index (χ4v) is 4.79. The molecule has 0 fully saturated rings. The summed E-state index contributed by atoms with van der Waals surface area (Å²) in [6, 6.07) is 13.6. The summed E-state index contributed by atoms with van der Waals surface area (Å²) in [7, 11) is -2.20. The molecular weight excluding hydrogens is 490 g/mol. The first kappa shape index (κ1) is 23.9. The van der Waals surface area contributed by atoms with E-state index < -0.39 is 10.0 Å². The molecule has 3 aromatic heterocycles. The van der Waals surface area contributed by atoms with Crippen LogP contribution in [0, 0.1) is 5.41 Å². The van der Waals surface area contributed by atoms with Crippen LogP contribution in [0.4, 0.5) is 5.69 Å². The maximum Gasteiger partial charge on any atom is 0.261 e. The minimum absolute atomic E-state index is 0.103. The summed E-state index contributed by atoms with van der Waals surface area (Å²) in [6.45, 7) is 0. The molecule has 0 aliphatic carbocycles. The highest BCUT2D eigenvalue weighted by atomic mass is 32.2. The number of nitrogens with one attached hydrogen (secondary N) is 2. The van der Waals surface area contributed by atoms with Crippen molar-refractivity contribution in [3.05, 3.63) is 85.4 Å². The minimum Gasteiger partial charge on any atom is -0.444 e. The van der Waals surface area contributed by atoms with Gasteiger partial charge in [-0.05, 0) is 48.0 Å². The zero-order valence-corrected chi connectivity index (χ0v) is 20.4. The molecule has 0 saturated heterocycles. The van der Waals surface area contributed by atoms with Gasteiger partial charge >= 0.3 is 0 Å². The molecule has 1 unspecified atom stereocenters. The lowest BCUT2D eigenvalue weighted by Gasteiger charge is -2.10. The third-order valence-electron chi connectivity index (χ3n) is 5.60. The Labute approximate surface area is 212 Å². The number of benzene rings is 2. The highest BCUT2D eigenvalue weighted by molar-refractivity contribution is 7.92. The maximum absolute atomic E-state index is 13.0. The van der Waals surface area contributed by atoms with Gasteiger partial charge < -0.3 is 9.83 Å². The Morgan fingerprint density at radius 3 is 2.49 bits per heavy atom. The molecule has 0 amide bonds. The van der Waals surface area contributed by atoms with E-state index in [0.717, 1.165) is 11.1 Å². The summed E-state index contributed by atoms with van der Waals surface area (Å²) in [6.07, 6.45) is 10.5. The van der Waals surface area contributed by atoms with Gasteiger partial charge in [-0.15, -0.1) is 0 Å². The summed E-state index contributed by atoms with van der Waals surface area (Å²) in [5.74, 6) is 0.183. The summed E-state index contributed by atoms with van der Waals surface area (Å²) < 4.78 is 33.8. The fraction of sp³-hybridized carbons (Fsp3) is 0.0769. The van der Waals surface area contributed by atoms with Crippen molar-refractivity contribution in [2.75, 3.05) is 11.8 Å². The van der Waals surface area contributed by atoms with Crippen molar-refractivity contribution in [2.45, 2.75) is 10.8 Å². The van der Waals surface area contributed by atoms with Crippen molar-refractivity contribution in [1.82, 2.24) is 19.9 Å². The third-order valence-corrected chi connectivity index (χ3v) is 6.99. The first-order valence-electron chi connectivity index (χ1n) is 11.1. The molecule has 3 heterocycles. The average molecular weight is 512 g/mol. The van der Waals surface area contributed by atoms with E-state index >= 15 is 0 Å². The Morgan fingerprint density at radius 1 is 0.946 bits per heavy atom.